The first-order chi connectivity index (χ1) is 14.3. The van der Waals surface area contributed by atoms with Crippen LogP contribution in [-0.4, -0.2) is 62.2 Å². The van der Waals surface area contributed by atoms with Crippen molar-refractivity contribution in [3.63, 3.8) is 0 Å². The molecule has 11 nitrogen and oxygen atoms in total. The van der Waals surface area contributed by atoms with Crippen molar-refractivity contribution in [1.82, 2.24) is 5.32 Å². The molecular formula is C19H22N2O9. The lowest BCUT2D eigenvalue weighted by atomic mass is 10.1. The van der Waals surface area contributed by atoms with Gasteiger partial charge >= 0.3 is 11.9 Å². The second-order valence-electron chi connectivity index (χ2n) is 6.41. The van der Waals surface area contributed by atoms with E-state index in [9.17, 15) is 24.0 Å². The summed E-state index contributed by atoms with van der Waals surface area (Å²) in [6.07, 6.45) is -2.93. The van der Waals surface area contributed by atoms with E-state index in [1.807, 2.05) is 0 Å². The van der Waals surface area contributed by atoms with Gasteiger partial charge in [-0.3, -0.25) is 19.2 Å². The number of esters is 2. The van der Waals surface area contributed by atoms with E-state index in [0.717, 1.165) is 0 Å². The molecule has 1 fully saturated rings. The first kappa shape index (κ1) is 22.7. The standard InChI is InChI=1S/C19H22N2O9/c1-10-14(28-9-23)7-15(24)29-11(2)16(19(26)30-10)21-18(25)12-5-4-6-13(20-8-22)17(12)27-3/h4-6,8-11,14,16H,7H2,1-3H3,(H,20,22)(H,21,25). The molecule has 1 aliphatic heterocycles. The average molecular weight is 422 g/mol. The molecule has 0 aliphatic carbocycles. The van der Waals surface area contributed by atoms with Gasteiger partial charge < -0.3 is 29.6 Å². The molecule has 1 saturated heterocycles. The summed E-state index contributed by atoms with van der Waals surface area (Å²) in [6.45, 7) is 3.01. The fourth-order valence-corrected chi connectivity index (χ4v) is 2.92. The number of hydrogen-bond donors (Lipinski definition) is 2. The van der Waals surface area contributed by atoms with Crippen LogP contribution in [-0.2, 0) is 33.4 Å². The lowest BCUT2D eigenvalue weighted by Gasteiger charge is -2.24. The monoisotopic (exact) mass is 422 g/mol. The summed E-state index contributed by atoms with van der Waals surface area (Å²) in [5.41, 5.74) is 0.282. The van der Waals surface area contributed by atoms with Gasteiger partial charge in [-0.25, -0.2) is 4.79 Å². The van der Waals surface area contributed by atoms with Gasteiger partial charge in [-0.1, -0.05) is 6.07 Å². The largest absolute Gasteiger partial charge is 0.494 e. The maximum absolute atomic E-state index is 12.8. The highest BCUT2D eigenvalue weighted by molar-refractivity contribution is 6.01. The van der Waals surface area contributed by atoms with Gasteiger partial charge in [-0.05, 0) is 26.0 Å². The Bertz CT molecular complexity index is 826. The van der Waals surface area contributed by atoms with Gasteiger partial charge in [-0.2, -0.15) is 0 Å². The van der Waals surface area contributed by atoms with E-state index in [0.29, 0.717) is 6.41 Å². The Balaban J connectivity index is 2.29. The summed E-state index contributed by atoms with van der Waals surface area (Å²) in [7, 11) is 1.32. The normalized spacial score (nSPS) is 24.1. The van der Waals surface area contributed by atoms with Gasteiger partial charge in [0.15, 0.2) is 11.8 Å². The molecule has 0 saturated carbocycles. The number of ether oxygens (including phenoxy) is 4. The zero-order valence-electron chi connectivity index (χ0n) is 16.6. The first-order valence-electron chi connectivity index (χ1n) is 8.99. The fraction of sp³-hybridized carbons (Fsp3) is 0.421. The van der Waals surface area contributed by atoms with Crippen LogP contribution in [0.2, 0.25) is 0 Å². The Morgan fingerprint density at radius 3 is 2.53 bits per heavy atom. The van der Waals surface area contributed by atoms with Gasteiger partial charge in [-0.15, -0.1) is 0 Å². The minimum absolute atomic E-state index is 0.0331. The van der Waals surface area contributed by atoms with Gasteiger partial charge in [0.2, 0.25) is 6.41 Å². The maximum Gasteiger partial charge on any atom is 0.332 e. The Morgan fingerprint density at radius 2 is 1.90 bits per heavy atom. The van der Waals surface area contributed by atoms with Crippen molar-refractivity contribution in [1.29, 1.82) is 0 Å². The predicted molar refractivity (Wildman–Crippen MR) is 101 cm³/mol. The second kappa shape index (κ2) is 10.2. The number of nitrogens with one attached hydrogen (secondary N) is 2. The third-order valence-corrected chi connectivity index (χ3v) is 4.43. The zero-order chi connectivity index (χ0) is 22.3. The molecule has 2 amide bonds. The average Bonchev–Trinajstić information content (AvgIpc) is 2.73. The molecule has 162 valence electrons. The van der Waals surface area contributed by atoms with Crippen LogP contribution in [0.5, 0.6) is 5.75 Å². The number of carbonyl (C=O) groups is 5. The molecular weight excluding hydrogens is 400 g/mol. The summed E-state index contributed by atoms with van der Waals surface area (Å²) in [5, 5.41) is 4.87. The quantitative estimate of drug-likeness (QED) is 0.356. The molecule has 11 heteroatoms. The van der Waals surface area contributed by atoms with E-state index in [4.69, 9.17) is 18.9 Å². The molecule has 1 aromatic carbocycles. The van der Waals surface area contributed by atoms with Crippen molar-refractivity contribution in [3.8, 4) is 5.75 Å². The van der Waals surface area contributed by atoms with Gasteiger partial charge in [0.1, 0.15) is 18.3 Å². The van der Waals surface area contributed by atoms with Crippen LogP contribution in [0.4, 0.5) is 5.69 Å². The SMILES string of the molecule is COc1c(NC=O)cccc1C(=O)NC1C(=O)OC(C)C(OC=O)CC(=O)OC1C. The van der Waals surface area contributed by atoms with Crippen LogP contribution in [0, 0.1) is 0 Å². The number of para-hydroxylation sites is 1. The maximum atomic E-state index is 12.8. The third kappa shape index (κ3) is 5.25. The second-order valence-corrected chi connectivity index (χ2v) is 6.41. The van der Waals surface area contributed by atoms with Crippen molar-refractivity contribution < 1.29 is 42.9 Å². The summed E-state index contributed by atoms with van der Waals surface area (Å²) in [5.74, 6) is -2.25. The molecule has 4 atom stereocenters. The predicted octanol–water partition coefficient (Wildman–Crippen LogP) is 0.171. The van der Waals surface area contributed by atoms with Crippen LogP contribution in [0.15, 0.2) is 18.2 Å². The Hall–Kier alpha value is -3.63. The fourth-order valence-electron chi connectivity index (χ4n) is 2.92. The molecule has 30 heavy (non-hydrogen) atoms. The molecule has 1 heterocycles. The molecule has 0 spiro atoms. The van der Waals surface area contributed by atoms with Crippen LogP contribution in [0.3, 0.4) is 0 Å². The Morgan fingerprint density at radius 1 is 1.17 bits per heavy atom. The molecule has 0 radical (unpaired) electrons. The van der Waals surface area contributed by atoms with E-state index in [1.54, 1.807) is 0 Å². The zero-order valence-corrected chi connectivity index (χ0v) is 16.6. The number of methoxy groups -OCH3 is 1. The number of benzene rings is 1. The molecule has 1 aromatic rings. The number of amides is 2. The molecule has 2 rings (SSSR count). The van der Waals surface area contributed by atoms with Crippen molar-refractivity contribution in [3.05, 3.63) is 23.8 Å². The minimum atomic E-state index is -1.34. The van der Waals surface area contributed by atoms with E-state index in [2.05, 4.69) is 10.6 Å². The topological polar surface area (TPSA) is 146 Å². The number of rotatable bonds is 7. The van der Waals surface area contributed by atoms with Gasteiger partial charge in [0.05, 0.1) is 24.8 Å². The van der Waals surface area contributed by atoms with E-state index < -0.39 is 42.2 Å². The van der Waals surface area contributed by atoms with Crippen LogP contribution >= 0.6 is 0 Å². The molecule has 4 unspecified atom stereocenters. The van der Waals surface area contributed by atoms with E-state index in [1.165, 1.54) is 39.2 Å². The number of cyclic esters (lactones) is 2. The highest BCUT2D eigenvalue weighted by Gasteiger charge is 2.38. The molecule has 1 aliphatic rings. The van der Waals surface area contributed by atoms with E-state index in [-0.39, 0.29) is 29.9 Å². The smallest absolute Gasteiger partial charge is 0.332 e. The van der Waals surface area contributed by atoms with Crippen molar-refractivity contribution in [2.75, 3.05) is 12.4 Å². The van der Waals surface area contributed by atoms with Crippen molar-refractivity contribution in [2.45, 2.75) is 44.6 Å². The first-order valence-corrected chi connectivity index (χ1v) is 8.99. The summed E-state index contributed by atoms with van der Waals surface area (Å²) < 4.78 is 20.5. The Kier molecular flexibility index (Phi) is 7.73. The molecule has 0 bridgehead atoms. The van der Waals surface area contributed by atoms with E-state index >= 15 is 0 Å². The lowest BCUT2D eigenvalue weighted by Crippen LogP contribution is -2.50. The van der Waals surface area contributed by atoms with Crippen LogP contribution in [0.1, 0.15) is 30.6 Å². The van der Waals surface area contributed by atoms with Gasteiger partial charge in [0.25, 0.3) is 12.4 Å². The van der Waals surface area contributed by atoms with Crippen LogP contribution in [0.25, 0.3) is 0 Å². The number of anilines is 1. The Labute approximate surface area is 172 Å². The third-order valence-electron chi connectivity index (χ3n) is 4.43. The molecule has 0 aromatic heterocycles. The minimum Gasteiger partial charge on any atom is -0.494 e. The highest BCUT2D eigenvalue weighted by Crippen LogP contribution is 2.28. The van der Waals surface area contributed by atoms with Crippen molar-refractivity contribution >= 4 is 36.4 Å². The highest BCUT2D eigenvalue weighted by atomic mass is 16.6. The number of carbonyl (C=O) groups excluding carboxylic acids is 5. The summed E-state index contributed by atoms with van der Waals surface area (Å²) in [6, 6.07) is 3.12. The van der Waals surface area contributed by atoms with Crippen molar-refractivity contribution in [2.24, 2.45) is 0 Å². The number of hydrogen-bond acceptors (Lipinski definition) is 9. The van der Waals surface area contributed by atoms with Gasteiger partial charge in [0, 0.05) is 0 Å². The summed E-state index contributed by atoms with van der Waals surface area (Å²) in [4.78, 5) is 59.0. The van der Waals surface area contributed by atoms with Crippen LogP contribution < -0.4 is 15.4 Å². The molecule has 2 N–H and O–H groups in total. The lowest BCUT2D eigenvalue weighted by molar-refractivity contribution is -0.162. The summed E-state index contributed by atoms with van der Waals surface area (Å²) >= 11 is 0.